The summed E-state index contributed by atoms with van der Waals surface area (Å²) in [5.41, 5.74) is 3.06. The summed E-state index contributed by atoms with van der Waals surface area (Å²) in [6.07, 6.45) is 2.27. The number of piperidine rings is 1. The second-order valence-electron chi connectivity index (χ2n) is 7.15. The Hall–Kier alpha value is -1.32. The highest BCUT2D eigenvalue weighted by molar-refractivity contribution is 8.93. The lowest BCUT2D eigenvalue weighted by Crippen LogP contribution is -2.47. The Morgan fingerprint density at radius 3 is 2.38 bits per heavy atom. The maximum Gasteiger partial charge on any atom is 0.115 e. The van der Waals surface area contributed by atoms with Gasteiger partial charge in [0.1, 0.15) is 5.75 Å². The average molecular weight is 390 g/mol. The normalized spacial score (nSPS) is 24.3. The molecular weight excluding hydrogens is 362 g/mol. The summed E-state index contributed by atoms with van der Waals surface area (Å²) in [5.74, 6) is 0.998. The SMILES string of the molecule is Br.C[C@H]1CN(CCc2ccc(O)cc2)CC[C@]1(C)c1ccccc1. The van der Waals surface area contributed by atoms with Gasteiger partial charge in [0.15, 0.2) is 0 Å². The van der Waals surface area contributed by atoms with E-state index >= 15 is 0 Å². The van der Waals surface area contributed by atoms with Crippen LogP contribution >= 0.6 is 17.0 Å². The van der Waals surface area contributed by atoms with Crippen LogP contribution in [0, 0.1) is 5.92 Å². The number of rotatable bonds is 4. The van der Waals surface area contributed by atoms with Gasteiger partial charge in [-0.15, -0.1) is 17.0 Å². The van der Waals surface area contributed by atoms with E-state index in [1.807, 2.05) is 12.1 Å². The van der Waals surface area contributed by atoms with Crippen molar-refractivity contribution < 1.29 is 5.11 Å². The molecule has 1 aliphatic heterocycles. The first-order chi connectivity index (χ1) is 11.1. The quantitative estimate of drug-likeness (QED) is 0.810. The molecule has 0 aliphatic carbocycles. The van der Waals surface area contributed by atoms with Crippen molar-refractivity contribution >= 4 is 17.0 Å². The molecule has 0 spiro atoms. The molecule has 0 amide bonds. The van der Waals surface area contributed by atoms with Gasteiger partial charge in [-0.1, -0.05) is 56.3 Å². The van der Waals surface area contributed by atoms with Crippen LogP contribution in [-0.4, -0.2) is 29.6 Å². The molecule has 0 radical (unpaired) electrons. The number of phenolic OH excluding ortho intramolecular Hbond substituents is 1. The van der Waals surface area contributed by atoms with Crippen molar-refractivity contribution in [2.45, 2.75) is 32.1 Å². The van der Waals surface area contributed by atoms with E-state index in [-0.39, 0.29) is 22.4 Å². The number of halogens is 1. The lowest BCUT2D eigenvalue weighted by molar-refractivity contribution is 0.112. The third kappa shape index (κ3) is 4.20. The minimum Gasteiger partial charge on any atom is -0.508 e. The molecule has 1 saturated heterocycles. The lowest BCUT2D eigenvalue weighted by Gasteiger charge is -2.45. The first kappa shape index (κ1) is 19.0. The zero-order valence-corrected chi connectivity index (χ0v) is 16.3. The standard InChI is InChI=1S/C21H27NO.BrH/c1-17-16-22(14-12-18-8-10-20(23)11-9-18)15-13-21(17,2)19-6-4-3-5-7-19;/h3-11,17,23H,12-16H2,1-2H3;1H/t17-,21-;/m0./s1. The molecule has 3 heteroatoms. The Morgan fingerprint density at radius 2 is 1.75 bits per heavy atom. The summed E-state index contributed by atoms with van der Waals surface area (Å²) in [4.78, 5) is 2.59. The molecule has 0 saturated carbocycles. The minimum atomic E-state index is 0. The summed E-state index contributed by atoms with van der Waals surface area (Å²) < 4.78 is 0. The van der Waals surface area contributed by atoms with E-state index in [2.05, 4.69) is 49.1 Å². The number of hydrogen-bond donors (Lipinski definition) is 1. The Kier molecular flexibility index (Phi) is 6.47. The van der Waals surface area contributed by atoms with Crippen molar-refractivity contribution in [3.05, 3.63) is 65.7 Å². The van der Waals surface area contributed by atoms with Crippen molar-refractivity contribution in [2.24, 2.45) is 5.92 Å². The van der Waals surface area contributed by atoms with E-state index < -0.39 is 0 Å². The molecule has 0 bridgehead atoms. The van der Waals surface area contributed by atoms with E-state index in [4.69, 9.17) is 0 Å². The van der Waals surface area contributed by atoms with Crippen LogP contribution in [0.1, 0.15) is 31.4 Å². The predicted octanol–water partition coefficient (Wildman–Crippen LogP) is 4.81. The topological polar surface area (TPSA) is 23.5 Å². The fourth-order valence-electron chi connectivity index (χ4n) is 3.72. The highest BCUT2D eigenvalue weighted by Gasteiger charge is 2.37. The molecular formula is C21H28BrNO. The highest BCUT2D eigenvalue weighted by Crippen LogP contribution is 2.39. The van der Waals surface area contributed by atoms with Gasteiger partial charge in [-0.05, 0) is 54.0 Å². The lowest BCUT2D eigenvalue weighted by atomic mass is 9.68. The molecule has 24 heavy (non-hydrogen) atoms. The van der Waals surface area contributed by atoms with E-state index in [9.17, 15) is 5.11 Å². The molecule has 3 rings (SSSR count). The zero-order chi connectivity index (χ0) is 16.3. The van der Waals surface area contributed by atoms with E-state index in [0.717, 1.165) is 26.1 Å². The minimum absolute atomic E-state index is 0. The van der Waals surface area contributed by atoms with E-state index in [1.165, 1.54) is 17.5 Å². The predicted molar refractivity (Wildman–Crippen MR) is 106 cm³/mol. The summed E-state index contributed by atoms with van der Waals surface area (Å²) in [6.45, 7) is 8.22. The fraction of sp³-hybridized carbons (Fsp3) is 0.429. The molecule has 2 aromatic rings. The van der Waals surface area contributed by atoms with Gasteiger partial charge in [0.05, 0.1) is 0 Å². The summed E-state index contributed by atoms with van der Waals surface area (Å²) in [6, 6.07) is 18.6. The second-order valence-corrected chi connectivity index (χ2v) is 7.15. The van der Waals surface area contributed by atoms with Crippen LogP contribution in [0.2, 0.25) is 0 Å². The first-order valence-electron chi connectivity index (χ1n) is 8.64. The van der Waals surface area contributed by atoms with Crippen LogP contribution < -0.4 is 0 Å². The van der Waals surface area contributed by atoms with Crippen molar-refractivity contribution in [3.63, 3.8) is 0 Å². The van der Waals surface area contributed by atoms with Crippen LogP contribution in [0.3, 0.4) is 0 Å². The molecule has 1 aliphatic rings. The molecule has 1 N–H and O–H groups in total. The van der Waals surface area contributed by atoms with Crippen LogP contribution in [0.5, 0.6) is 5.75 Å². The van der Waals surface area contributed by atoms with Crippen molar-refractivity contribution in [1.29, 1.82) is 0 Å². The van der Waals surface area contributed by atoms with Gasteiger partial charge >= 0.3 is 0 Å². The van der Waals surface area contributed by atoms with Gasteiger partial charge in [0.2, 0.25) is 0 Å². The number of aromatic hydroxyl groups is 1. The Bertz CT molecular complexity index is 628. The number of phenols is 1. The van der Waals surface area contributed by atoms with Gasteiger partial charge in [0.25, 0.3) is 0 Å². The number of nitrogens with zero attached hydrogens (tertiary/aromatic N) is 1. The molecule has 0 aromatic heterocycles. The zero-order valence-electron chi connectivity index (χ0n) is 14.6. The Balaban J connectivity index is 0.00000208. The third-order valence-electron chi connectivity index (χ3n) is 5.65. The summed E-state index contributed by atoms with van der Waals surface area (Å²) >= 11 is 0. The van der Waals surface area contributed by atoms with Gasteiger partial charge in [-0.2, -0.15) is 0 Å². The van der Waals surface area contributed by atoms with E-state index in [1.54, 1.807) is 12.1 Å². The average Bonchev–Trinajstić information content (AvgIpc) is 2.58. The summed E-state index contributed by atoms with van der Waals surface area (Å²) in [7, 11) is 0. The molecule has 0 unspecified atom stereocenters. The maximum absolute atomic E-state index is 9.36. The smallest absolute Gasteiger partial charge is 0.115 e. The fourth-order valence-corrected chi connectivity index (χ4v) is 3.72. The molecule has 130 valence electrons. The highest BCUT2D eigenvalue weighted by atomic mass is 79.9. The van der Waals surface area contributed by atoms with Gasteiger partial charge in [-0.25, -0.2) is 0 Å². The van der Waals surface area contributed by atoms with Gasteiger partial charge in [-0.3, -0.25) is 0 Å². The second kappa shape index (κ2) is 8.17. The van der Waals surface area contributed by atoms with Crippen molar-refractivity contribution in [1.82, 2.24) is 4.90 Å². The monoisotopic (exact) mass is 389 g/mol. The van der Waals surface area contributed by atoms with Crippen LogP contribution in [-0.2, 0) is 11.8 Å². The van der Waals surface area contributed by atoms with Crippen LogP contribution in [0.4, 0.5) is 0 Å². The van der Waals surface area contributed by atoms with Gasteiger partial charge < -0.3 is 10.0 Å². The molecule has 1 fully saturated rings. The van der Waals surface area contributed by atoms with Crippen molar-refractivity contribution in [2.75, 3.05) is 19.6 Å². The summed E-state index contributed by atoms with van der Waals surface area (Å²) in [5, 5.41) is 9.36. The maximum atomic E-state index is 9.36. The van der Waals surface area contributed by atoms with Gasteiger partial charge in [0, 0.05) is 13.1 Å². The third-order valence-corrected chi connectivity index (χ3v) is 5.65. The number of benzene rings is 2. The number of likely N-dealkylation sites (tertiary alicyclic amines) is 1. The molecule has 1 heterocycles. The van der Waals surface area contributed by atoms with Crippen LogP contribution in [0.25, 0.3) is 0 Å². The largest absolute Gasteiger partial charge is 0.508 e. The number of hydrogen-bond acceptors (Lipinski definition) is 2. The first-order valence-corrected chi connectivity index (χ1v) is 8.64. The molecule has 2 aromatic carbocycles. The van der Waals surface area contributed by atoms with E-state index in [0.29, 0.717) is 11.7 Å². The van der Waals surface area contributed by atoms with Crippen LogP contribution in [0.15, 0.2) is 54.6 Å². The molecule has 2 nitrogen and oxygen atoms in total. The van der Waals surface area contributed by atoms with Crippen molar-refractivity contribution in [3.8, 4) is 5.75 Å². The Morgan fingerprint density at radius 1 is 1.08 bits per heavy atom. The Labute approximate surface area is 156 Å². The molecule has 2 atom stereocenters.